The first-order chi connectivity index (χ1) is 44.1. The Bertz CT molecular complexity index is 5880. The molecule has 19 rings (SSSR count). The Kier molecular flexibility index (Phi) is 10.9. The SMILES string of the molecule is C=C1C2=C(C=CCC2)Sc2ccccc2N1c1cc(-c2cc(-n3c4ccccc4c4oc5ccccc5c43)cc(-n3c4ccccc4c4c3c3ccccc3n4-c3ccccc3)c2)cc(-n2c3ccccc3c3c2c2ccccc2n3C2=CCC=CC=C2)c1. The van der Waals surface area contributed by atoms with Gasteiger partial charge in [0.05, 0.1) is 55.3 Å². The fourth-order valence-corrected chi connectivity index (χ4v) is 16.1. The van der Waals surface area contributed by atoms with Crippen molar-refractivity contribution in [2.45, 2.75) is 24.2 Å². The zero-order valence-corrected chi connectivity index (χ0v) is 49.2. The summed E-state index contributed by atoms with van der Waals surface area (Å²) < 4.78 is 19.4. The molecule has 0 spiro atoms. The number of rotatable bonds is 7. The summed E-state index contributed by atoms with van der Waals surface area (Å²) in [4.78, 5) is 4.89. The van der Waals surface area contributed by atoms with Crippen LogP contribution < -0.4 is 4.90 Å². The molecule has 3 aliphatic rings. The Morgan fingerprint density at radius 3 is 1.52 bits per heavy atom. The molecule has 89 heavy (non-hydrogen) atoms. The summed E-state index contributed by atoms with van der Waals surface area (Å²) in [6.07, 6.45) is 18.5. The van der Waals surface area contributed by atoms with E-state index in [0.29, 0.717) is 0 Å². The number of hydrogen-bond acceptors (Lipinski definition) is 3. The topological polar surface area (TPSA) is 41.0 Å². The first-order valence-electron chi connectivity index (χ1n) is 30.6. The number of fused-ring (bicyclic) bond motifs is 16. The molecule has 7 heterocycles. The number of aromatic nitrogens is 5. The number of allylic oxidation sites excluding steroid dienone is 9. The van der Waals surface area contributed by atoms with Crippen LogP contribution in [0.2, 0.25) is 0 Å². The molecule has 6 aromatic heterocycles. The van der Waals surface area contributed by atoms with Crippen LogP contribution >= 0.6 is 11.8 Å². The quantitative estimate of drug-likeness (QED) is 0.160. The number of anilines is 2. The number of furan rings is 1. The molecule has 7 nitrogen and oxygen atoms in total. The van der Waals surface area contributed by atoms with Gasteiger partial charge >= 0.3 is 0 Å². The van der Waals surface area contributed by atoms with Gasteiger partial charge in [-0.1, -0.05) is 182 Å². The lowest BCUT2D eigenvalue weighted by molar-refractivity contribution is 0.673. The van der Waals surface area contributed by atoms with Crippen molar-refractivity contribution in [1.29, 1.82) is 0 Å². The van der Waals surface area contributed by atoms with Crippen LogP contribution in [0.15, 0.2) is 311 Å². The van der Waals surface area contributed by atoms with Crippen molar-refractivity contribution in [3.8, 4) is 33.9 Å². The maximum absolute atomic E-state index is 6.90. The summed E-state index contributed by atoms with van der Waals surface area (Å²) in [6.45, 7) is 5.07. The normalized spacial score (nSPS) is 14.4. The molecule has 420 valence electrons. The second-order valence-corrected chi connectivity index (χ2v) is 24.6. The first kappa shape index (κ1) is 50.0. The smallest absolute Gasteiger partial charge is 0.161 e. The number of benzene rings is 10. The van der Waals surface area contributed by atoms with Gasteiger partial charge in [-0.2, -0.15) is 0 Å². The third-order valence-electron chi connectivity index (χ3n) is 18.6. The molecule has 1 aliphatic heterocycles. The van der Waals surface area contributed by atoms with Crippen LogP contribution in [0, 0.1) is 0 Å². The number of para-hydroxylation sites is 8. The van der Waals surface area contributed by atoms with Gasteiger partial charge in [-0.25, -0.2) is 0 Å². The van der Waals surface area contributed by atoms with Crippen LogP contribution in [0.3, 0.4) is 0 Å². The Morgan fingerprint density at radius 2 is 0.876 bits per heavy atom. The fourth-order valence-electron chi connectivity index (χ4n) is 14.9. The van der Waals surface area contributed by atoms with Crippen LogP contribution in [0.1, 0.15) is 19.3 Å². The third-order valence-corrected chi connectivity index (χ3v) is 19.8. The van der Waals surface area contributed by atoms with Gasteiger partial charge in [-0.3, -0.25) is 0 Å². The number of nitrogens with zero attached hydrogens (tertiary/aromatic N) is 6. The summed E-state index contributed by atoms with van der Waals surface area (Å²) >= 11 is 1.85. The standard InChI is InChI=1S/C81H54N6OS/c1-51-60-29-15-23-43-74(60)89-75-44-24-21-41-72(75)82(51)56-45-52(46-57(49-56)85-69-38-18-11-32-63(69)76-78(85)61-30-9-16-36-67(61)83(76)54-25-5-2-3-6-26-54)53-47-58(50-59(48-53)87-71-40-20-13-34-65(71)81-80(87)66-35-14-22-42-73(66)88-81)86-70-39-19-12-33-64(70)77-79(86)62-31-10-17-37-68(62)84(77)55-27-7-4-8-28-55/h2-5,7-14,16-28,30-50H,1,6,15,29H2. The maximum atomic E-state index is 6.90. The molecule has 0 fully saturated rings. The van der Waals surface area contributed by atoms with Crippen molar-refractivity contribution < 1.29 is 4.42 Å². The van der Waals surface area contributed by atoms with Crippen molar-refractivity contribution in [1.82, 2.24) is 22.8 Å². The molecule has 0 N–H and O–H groups in total. The molecule has 0 saturated heterocycles. The highest BCUT2D eigenvalue weighted by Gasteiger charge is 2.31. The molecular formula is C81H54N6OS. The van der Waals surface area contributed by atoms with Crippen molar-refractivity contribution in [2.24, 2.45) is 0 Å². The lowest BCUT2D eigenvalue weighted by atomic mass is 9.98. The van der Waals surface area contributed by atoms with Crippen LogP contribution in [0.4, 0.5) is 11.4 Å². The van der Waals surface area contributed by atoms with E-state index in [2.05, 4.69) is 307 Å². The van der Waals surface area contributed by atoms with E-state index < -0.39 is 0 Å². The summed E-state index contributed by atoms with van der Waals surface area (Å²) in [7, 11) is 0. The molecule has 0 atom stereocenters. The highest BCUT2D eigenvalue weighted by Crippen LogP contribution is 2.52. The van der Waals surface area contributed by atoms with Gasteiger partial charge in [0.25, 0.3) is 0 Å². The van der Waals surface area contributed by atoms with Crippen molar-refractivity contribution in [3.63, 3.8) is 0 Å². The van der Waals surface area contributed by atoms with Crippen LogP contribution in [-0.2, 0) is 0 Å². The predicted octanol–water partition coefficient (Wildman–Crippen LogP) is 22.0. The Morgan fingerprint density at radius 1 is 0.393 bits per heavy atom. The summed E-state index contributed by atoms with van der Waals surface area (Å²) in [6, 6.07) is 87.1. The average Bonchev–Trinajstić information content (AvgIpc) is 1.58. The summed E-state index contributed by atoms with van der Waals surface area (Å²) in [5.74, 6) is 0. The zero-order valence-electron chi connectivity index (χ0n) is 48.4. The third kappa shape index (κ3) is 7.35. The van der Waals surface area contributed by atoms with E-state index in [4.69, 9.17) is 11.0 Å². The Hall–Kier alpha value is -11.2. The Balaban J connectivity index is 0.963. The minimum atomic E-state index is 0.843. The van der Waals surface area contributed by atoms with Gasteiger partial charge in [0, 0.05) is 81.9 Å². The monoisotopic (exact) mass is 1160 g/mol. The van der Waals surface area contributed by atoms with E-state index in [1.54, 1.807) is 0 Å². The van der Waals surface area contributed by atoms with E-state index in [-0.39, 0.29) is 0 Å². The molecule has 0 saturated carbocycles. The lowest BCUT2D eigenvalue weighted by Crippen LogP contribution is -2.18. The number of hydrogen-bond donors (Lipinski definition) is 0. The van der Waals surface area contributed by atoms with Gasteiger partial charge in [-0.05, 0) is 151 Å². The van der Waals surface area contributed by atoms with Crippen molar-refractivity contribution >= 4 is 127 Å². The minimum absolute atomic E-state index is 0.843. The van der Waals surface area contributed by atoms with E-state index in [1.165, 1.54) is 42.4 Å². The minimum Gasteiger partial charge on any atom is -0.454 e. The average molecular weight is 1160 g/mol. The van der Waals surface area contributed by atoms with E-state index >= 15 is 0 Å². The molecule has 16 aromatic rings. The molecule has 0 bridgehead atoms. The fraction of sp³-hybridized carbons (Fsp3) is 0.0370. The molecular weight excluding hydrogens is 1100 g/mol. The highest BCUT2D eigenvalue weighted by molar-refractivity contribution is 8.03. The van der Waals surface area contributed by atoms with Gasteiger partial charge in [-0.15, -0.1) is 0 Å². The molecule has 0 radical (unpaired) electrons. The summed E-state index contributed by atoms with van der Waals surface area (Å²) in [5, 5.41) is 6.83. The van der Waals surface area contributed by atoms with Gasteiger partial charge in [0.15, 0.2) is 5.58 Å². The van der Waals surface area contributed by atoms with E-state index in [0.717, 1.165) is 147 Å². The molecule has 2 aliphatic carbocycles. The summed E-state index contributed by atoms with van der Waals surface area (Å²) in [5.41, 5.74) is 24.9. The van der Waals surface area contributed by atoms with Gasteiger partial charge in [0.2, 0.25) is 0 Å². The predicted molar refractivity (Wildman–Crippen MR) is 373 cm³/mol. The van der Waals surface area contributed by atoms with Gasteiger partial charge < -0.3 is 32.2 Å². The van der Waals surface area contributed by atoms with Crippen molar-refractivity contribution in [3.05, 3.63) is 302 Å². The van der Waals surface area contributed by atoms with Gasteiger partial charge in [0.1, 0.15) is 11.1 Å². The first-order valence-corrected chi connectivity index (χ1v) is 31.5. The maximum Gasteiger partial charge on any atom is 0.161 e. The second kappa shape index (κ2) is 19.4. The zero-order chi connectivity index (χ0) is 58.4. The molecule has 0 unspecified atom stereocenters. The van der Waals surface area contributed by atoms with E-state index in [1.807, 2.05) is 11.8 Å². The highest BCUT2D eigenvalue weighted by atomic mass is 32.2. The largest absolute Gasteiger partial charge is 0.454 e. The van der Waals surface area contributed by atoms with E-state index in [9.17, 15) is 0 Å². The van der Waals surface area contributed by atoms with Crippen LogP contribution in [-0.4, -0.2) is 22.8 Å². The number of thioether (sulfide) groups is 1. The molecule has 10 aromatic carbocycles. The molecule has 0 amide bonds. The second-order valence-electron chi connectivity index (χ2n) is 23.5. The van der Waals surface area contributed by atoms with Crippen LogP contribution in [0.5, 0.6) is 0 Å². The van der Waals surface area contributed by atoms with Crippen LogP contribution in [0.25, 0.3) is 138 Å². The van der Waals surface area contributed by atoms with Crippen molar-refractivity contribution in [2.75, 3.05) is 4.90 Å². The lowest BCUT2D eigenvalue weighted by Gasteiger charge is -2.30. The molecule has 8 heteroatoms. The Labute approximate surface area is 516 Å².